The van der Waals surface area contributed by atoms with Crippen LogP contribution in [0.2, 0.25) is 0 Å². The highest BCUT2D eigenvalue weighted by molar-refractivity contribution is 5.93. The maximum Gasteiger partial charge on any atom is 0.248 e. The van der Waals surface area contributed by atoms with E-state index in [0.29, 0.717) is 11.6 Å². The number of benzene rings is 1. The van der Waals surface area contributed by atoms with Crippen LogP contribution in [0.25, 0.3) is 0 Å². The SMILES string of the molecule is Cc1cc(C(N)=O)ccc1NC1CCCCCCC1. The fourth-order valence-corrected chi connectivity index (χ4v) is 2.80. The molecule has 104 valence electrons. The number of carbonyl (C=O) groups is 1. The van der Waals surface area contributed by atoms with Gasteiger partial charge < -0.3 is 11.1 Å². The molecule has 1 aliphatic carbocycles. The Kier molecular flexibility index (Phi) is 4.83. The molecule has 0 aromatic heterocycles. The van der Waals surface area contributed by atoms with Crippen molar-refractivity contribution in [3.8, 4) is 0 Å². The van der Waals surface area contributed by atoms with Crippen LogP contribution in [0.15, 0.2) is 18.2 Å². The molecule has 1 aliphatic rings. The minimum atomic E-state index is -0.361. The predicted molar refractivity (Wildman–Crippen MR) is 79.4 cm³/mol. The van der Waals surface area contributed by atoms with E-state index >= 15 is 0 Å². The zero-order valence-corrected chi connectivity index (χ0v) is 11.7. The second kappa shape index (κ2) is 6.60. The first-order chi connectivity index (χ1) is 9.16. The molecule has 3 heteroatoms. The smallest absolute Gasteiger partial charge is 0.248 e. The second-order valence-electron chi connectivity index (χ2n) is 5.58. The van der Waals surface area contributed by atoms with Crippen molar-refractivity contribution in [2.24, 2.45) is 5.73 Å². The van der Waals surface area contributed by atoms with Crippen LogP contribution in [0.4, 0.5) is 5.69 Å². The molecule has 1 aromatic carbocycles. The Labute approximate surface area is 115 Å². The molecule has 0 heterocycles. The molecule has 0 radical (unpaired) electrons. The molecule has 19 heavy (non-hydrogen) atoms. The number of aryl methyl sites for hydroxylation is 1. The lowest BCUT2D eigenvalue weighted by atomic mass is 9.96. The monoisotopic (exact) mass is 260 g/mol. The standard InChI is InChI=1S/C16H24N2O/c1-12-11-13(16(17)19)9-10-15(12)18-14-7-5-3-2-4-6-8-14/h9-11,14,18H,2-8H2,1H3,(H2,17,19). The fourth-order valence-electron chi connectivity index (χ4n) is 2.80. The normalized spacial score (nSPS) is 17.5. The number of nitrogens with one attached hydrogen (secondary N) is 1. The van der Waals surface area contributed by atoms with Crippen molar-refractivity contribution < 1.29 is 4.79 Å². The summed E-state index contributed by atoms with van der Waals surface area (Å²) < 4.78 is 0. The summed E-state index contributed by atoms with van der Waals surface area (Å²) in [5.41, 5.74) is 8.11. The Morgan fingerprint density at radius 3 is 2.37 bits per heavy atom. The van der Waals surface area contributed by atoms with Crippen LogP contribution >= 0.6 is 0 Å². The largest absolute Gasteiger partial charge is 0.382 e. The quantitative estimate of drug-likeness (QED) is 0.872. The summed E-state index contributed by atoms with van der Waals surface area (Å²) >= 11 is 0. The van der Waals surface area contributed by atoms with Gasteiger partial charge in [0.2, 0.25) is 5.91 Å². The Bertz CT molecular complexity index is 434. The average Bonchev–Trinajstić information content (AvgIpc) is 2.34. The molecular weight excluding hydrogens is 236 g/mol. The van der Waals surface area contributed by atoms with Gasteiger partial charge in [0.25, 0.3) is 0 Å². The summed E-state index contributed by atoms with van der Waals surface area (Å²) in [7, 11) is 0. The Hall–Kier alpha value is -1.51. The average molecular weight is 260 g/mol. The van der Waals surface area contributed by atoms with E-state index in [1.54, 1.807) is 6.07 Å². The molecule has 1 amide bonds. The number of primary amides is 1. The van der Waals surface area contributed by atoms with E-state index < -0.39 is 0 Å². The number of nitrogens with two attached hydrogens (primary N) is 1. The molecule has 3 N–H and O–H groups in total. The lowest BCUT2D eigenvalue weighted by Gasteiger charge is -2.23. The second-order valence-corrected chi connectivity index (χ2v) is 5.58. The zero-order valence-electron chi connectivity index (χ0n) is 11.7. The zero-order chi connectivity index (χ0) is 13.7. The molecule has 2 rings (SSSR count). The number of amides is 1. The van der Waals surface area contributed by atoms with Crippen LogP contribution in [-0.4, -0.2) is 11.9 Å². The molecule has 1 aromatic rings. The lowest BCUT2D eigenvalue weighted by Crippen LogP contribution is -2.21. The van der Waals surface area contributed by atoms with Gasteiger partial charge in [0.1, 0.15) is 0 Å². The molecule has 1 saturated carbocycles. The Balaban J connectivity index is 2.03. The summed E-state index contributed by atoms with van der Waals surface area (Å²) in [6.07, 6.45) is 9.23. The molecule has 0 spiro atoms. The molecular formula is C16H24N2O. The van der Waals surface area contributed by atoms with Gasteiger partial charge in [-0.3, -0.25) is 4.79 Å². The van der Waals surface area contributed by atoms with Crippen molar-refractivity contribution in [2.45, 2.75) is 57.9 Å². The van der Waals surface area contributed by atoms with Gasteiger partial charge in [-0.2, -0.15) is 0 Å². The van der Waals surface area contributed by atoms with E-state index in [9.17, 15) is 4.79 Å². The Morgan fingerprint density at radius 2 is 1.79 bits per heavy atom. The van der Waals surface area contributed by atoms with Crippen molar-refractivity contribution in [1.29, 1.82) is 0 Å². The first kappa shape index (κ1) is 13.9. The van der Waals surface area contributed by atoms with E-state index in [1.807, 2.05) is 19.1 Å². The van der Waals surface area contributed by atoms with Crippen molar-refractivity contribution in [2.75, 3.05) is 5.32 Å². The van der Waals surface area contributed by atoms with Crippen LogP contribution in [0.3, 0.4) is 0 Å². The van der Waals surface area contributed by atoms with E-state index in [0.717, 1.165) is 11.3 Å². The number of rotatable bonds is 3. The number of anilines is 1. The summed E-state index contributed by atoms with van der Waals surface area (Å²) in [6, 6.07) is 6.22. The molecule has 0 bridgehead atoms. The highest BCUT2D eigenvalue weighted by Gasteiger charge is 2.12. The van der Waals surface area contributed by atoms with Gasteiger partial charge in [-0.1, -0.05) is 32.1 Å². The molecule has 0 saturated heterocycles. The molecule has 0 aliphatic heterocycles. The van der Waals surface area contributed by atoms with Gasteiger partial charge in [-0.25, -0.2) is 0 Å². The third kappa shape index (κ3) is 3.98. The highest BCUT2D eigenvalue weighted by Crippen LogP contribution is 2.23. The minimum Gasteiger partial charge on any atom is -0.382 e. The topological polar surface area (TPSA) is 55.1 Å². The predicted octanol–water partition coefficient (Wildman–Crippen LogP) is 3.62. The fraction of sp³-hybridized carbons (Fsp3) is 0.562. The number of hydrogen-bond acceptors (Lipinski definition) is 2. The molecule has 1 fully saturated rings. The third-order valence-electron chi connectivity index (χ3n) is 3.98. The first-order valence-corrected chi connectivity index (χ1v) is 7.34. The van der Waals surface area contributed by atoms with Crippen LogP contribution in [-0.2, 0) is 0 Å². The molecule has 0 unspecified atom stereocenters. The third-order valence-corrected chi connectivity index (χ3v) is 3.98. The Morgan fingerprint density at radius 1 is 1.16 bits per heavy atom. The van der Waals surface area contributed by atoms with E-state index in [2.05, 4.69) is 5.32 Å². The van der Waals surface area contributed by atoms with Crippen LogP contribution in [0.1, 0.15) is 60.9 Å². The van der Waals surface area contributed by atoms with Gasteiger partial charge >= 0.3 is 0 Å². The maximum absolute atomic E-state index is 11.1. The van der Waals surface area contributed by atoms with Crippen molar-refractivity contribution in [3.05, 3.63) is 29.3 Å². The van der Waals surface area contributed by atoms with Crippen LogP contribution in [0, 0.1) is 6.92 Å². The molecule has 3 nitrogen and oxygen atoms in total. The van der Waals surface area contributed by atoms with Crippen LogP contribution < -0.4 is 11.1 Å². The first-order valence-electron chi connectivity index (χ1n) is 7.34. The van der Waals surface area contributed by atoms with Gasteiger partial charge in [-0.05, 0) is 43.5 Å². The number of hydrogen-bond donors (Lipinski definition) is 2. The van der Waals surface area contributed by atoms with Crippen molar-refractivity contribution >= 4 is 11.6 Å². The van der Waals surface area contributed by atoms with E-state index in [1.165, 1.54) is 44.9 Å². The van der Waals surface area contributed by atoms with Crippen molar-refractivity contribution in [1.82, 2.24) is 0 Å². The van der Waals surface area contributed by atoms with Gasteiger partial charge in [-0.15, -0.1) is 0 Å². The van der Waals surface area contributed by atoms with Gasteiger partial charge in [0, 0.05) is 17.3 Å². The maximum atomic E-state index is 11.1. The number of carbonyl (C=O) groups excluding carboxylic acids is 1. The van der Waals surface area contributed by atoms with E-state index in [-0.39, 0.29) is 5.91 Å². The molecule has 0 atom stereocenters. The van der Waals surface area contributed by atoms with E-state index in [4.69, 9.17) is 5.73 Å². The van der Waals surface area contributed by atoms with Crippen LogP contribution in [0.5, 0.6) is 0 Å². The summed E-state index contributed by atoms with van der Waals surface area (Å²) in [4.78, 5) is 11.1. The van der Waals surface area contributed by atoms with Gasteiger partial charge in [0.05, 0.1) is 0 Å². The highest BCUT2D eigenvalue weighted by atomic mass is 16.1. The summed E-state index contributed by atoms with van der Waals surface area (Å²) in [6.45, 7) is 2.03. The summed E-state index contributed by atoms with van der Waals surface area (Å²) in [5, 5.41) is 3.63. The summed E-state index contributed by atoms with van der Waals surface area (Å²) in [5.74, 6) is -0.361. The van der Waals surface area contributed by atoms with Crippen molar-refractivity contribution in [3.63, 3.8) is 0 Å². The lowest BCUT2D eigenvalue weighted by molar-refractivity contribution is 0.1000. The van der Waals surface area contributed by atoms with Gasteiger partial charge in [0.15, 0.2) is 0 Å². The minimum absolute atomic E-state index is 0.361.